The number of hydrogen-bond donors (Lipinski definition) is 1. The van der Waals surface area contributed by atoms with Crippen molar-refractivity contribution in [1.29, 1.82) is 0 Å². The van der Waals surface area contributed by atoms with Crippen LogP contribution >= 0.6 is 11.8 Å². The first-order chi connectivity index (χ1) is 13.3. The maximum absolute atomic E-state index is 12.4. The summed E-state index contributed by atoms with van der Waals surface area (Å²) in [5.74, 6) is 0.591. The van der Waals surface area contributed by atoms with Gasteiger partial charge < -0.3 is 5.32 Å². The number of hydrogen-bond acceptors (Lipinski definition) is 3. The van der Waals surface area contributed by atoms with E-state index in [4.69, 9.17) is 0 Å². The lowest BCUT2D eigenvalue weighted by molar-refractivity contribution is -0.119. The van der Waals surface area contributed by atoms with E-state index in [9.17, 15) is 4.79 Å². The summed E-state index contributed by atoms with van der Waals surface area (Å²) in [6, 6.07) is 25.5. The lowest BCUT2D eigenvalue weighted by Crippen LogP contribution is -2.37. The average molecular weight is 377 g/mol. The monoisotopic (exact) mass is 376 g/mol. The van der Waals surface area contributed by atoms with Gasteiger partial charge in [-0.05, 0) is 34.9 Å². The number of fused-ring (bicyclic) bond motifs is 1. The van der Waals surface area contributed by atoms with Gasteiger partial charge >= 0.3 is 0 Å². The molecular weight excluding hydrogens is 352 g/mol. The molecule has 4 rings (SSSR count). The molecule has 1 saturated heterocycles. The van der Waals surface area contributed by atoms with E-state index in [0.29, 0.717) is 5.75 Å². The summed E-state index contributed by atoms with van der Waals surface area (Å²) in [5.41, 5.74) is 1.33. The van der Waals surface area contributed by atoms with Gasteiger partial charge in [0.25, 0.3) is 0 Å². The van der Waals surface area contributed by atoms with E-state index in [0.717, 1.165) is 31.0 Å². The van der Waals surface area contributed by atoms with E-state index in [-0.39, 0.29) is 11.9 Å². The van der Waals surface area contributed by atoms with E-state index in [1.54, 1.807) is 11.8 Å². The number of benzene rings is 3. The second kappa shape index (κ2) is 8.59. The maximum atomic E-state index is 12.4. The minimum absolute atomic E-state index is 0.125. The lowest BCUT2D eigenvalue weighted by atomic mass is 10.1. The van der Waals surface area contributed by atoms with E-state index in [1.165, 1.54) is 16.3 Å². The zero-order valence-corrected chi connectivity index (χ0v) is 16.1. The van der Waals surface area contributed by atoms with Gasteiger partial charge in [0.1, 0.15) is 0 Å². The predicted octanol–water partition coefficient (Wildman–Crippen LogP) is 4.32. The Morgan fingerprint density at radius 2 is 1.78 bits per heavy atom. The van der Waals surface area contributed by atoms with E-state index in [1.807, 2.05) is 18.2 Å². The first-order valence-electron chi connectivity index (χ1n) is 9.43. The highest BCUT2D eigenvalue weighted by atomic mass is 32.2. The Balaban J connectivity index is 1.24. The topological polar surface area (TPSA) is 32.3 Å². The largest absolute Gasteiger partial charge is 0.351 e. The predicted molar refractivity (Wildman–Crippen MR) is 113 cm³/mol. The van der Waals surface area contributed by atoms with Crippen molar-refractivity contribution < 1.29 is 4.79 Å². The first-order valence-corrected chi connectivity index (χ1v) is 10.4. The fourth-order valence-electron chi connectivity index (χ4n) is 3.61. The molecule has 4 heteroatoms. The number of nitrogens with one attached hydrogen (secondary N) is 1. The molecule has 0 aliphatic carbocycles. The highest BCUT2D eigenvalue weighted by Gasteiger charge is 2.23. The molecule has 3 nitrogen and oxygen atoms in total. The molecule has 138 valence electrons. The fraction of sp³-hybridized carbons (Fsp3) is 0.261. The molecule has 1 atom stereocenters. The standard InChI is InChI=1S/C23H24N2OS/c26-23(17-27-22-11-10-19-8-4-5-9-20(19)14-22)24-21-12-13-25(16-21)15-18-6-2-1-3-7-18/h1-11,14,21H,12-13,15-17H2,(H,24,26). The number of rotatable bonds is 6. The van der Waals surface area contributed by atoms with Gasteiger partial charge in [-0.2, -0.15) is 0 Å². The van der Waals surface area contributed by atoms with Gasteiger partial charge in [-0.1, -0.05) is 60.7 Å². The molecule has 1 aliphatic heterocycles. The van der Waals surface area contributed by atoms with Crippen molar-refractivity contribution >= 4 is 28.4 Å². The van der Waals surface area contributed by atoms with E-state index in [2.05, 4.69) is 64.8 Å². The zero-order chi connectivity index (χ0) is 18.5. The normalized spacial score (nSPS) is 17.3. The molecule has 0 aromatic heterocycles. The molecule has 27 heavy (non-hydrogen) atoms. The Bertz CT molecular complexity index is 912. The number of carbonyl (C=O) groups excluding carboxylic acids is 1. The van der Waals surface area contributed by atoms with Crippen LogP contribution in [0.15, 0.2) is 77.7 Å². The van der Waals surface area contributed by atoms with Crippen LogP contribution in [0.1, 0.15) is 12.0 Å². The van der Waals surface area contributed by atoms with Gasteiger partial charge in [0.2, 0.25) is 5.91 Å². The Hall–Kier alpha value is -2.30. The van der Waals surface area contributed by atoms with Crippen LogP contribution in [0.25, 0.3) is 10.8 Å². The summed E-state index contributed by atoms with van der Waals surface area (Å²) in [6.45, 7) is 2.93. The summed E-state index contributed by atoms with van der Waals surface area (Å²) in [4.78, 5) is 15.9. The van der Waals surface area contributed by atoms with Crippen molar-refractivity contribution in [3.8, 4) is 0 Å². The van der Waals surface area contributed by atoms with Crippen molar-refractivity contribution in [2.75, 3.05) is 18.8 Å². The summed E-state index contributed by atoms with van der Waals surface area (Å²) in [6.07, 6.45) is 1.03. The Morgan fingerprint density at radius 1 is 1.00 bits per heavy atom. The van der Waals surface area contributed by atoms with Crippen LogP contribution in [0.2, 0.25) is 0 Å². The lowest BCUT2D eigenvalue weighted by Gasteiger charge is -2.16. The molecule has 1 heterocycles. The molecule has 1 aliphatic rings. The van der Waals surface area contributed by atoms with Crippen LogP contribution in [0.3, 0.4) is 0 Å². The van der Waals surface area contributed by atoms with Crippen LogP contribution in [0.5, 0.6) is 0 Å². The molecule has 0 saturated carbocycles. The Morgan fingerprint density at radius 3 is 2.63 bits per heavy atom. The molecule has 1 unspecified atom stereocenters. The number of likely N-dealkylation sites (tertiary alicyclic amines) is 1. The third kappa shape index (κ3) is 4.90. The van der Waals surface area contributed by atoms with Crippen molar-refractivity contribution in [1.82, 2.24) is 10.2 Å². The second-order valence-corrected chi connectivity index (χ2v) is 8.12. The van der Waals surface area contributed by atoms with Crippen LogP contribution in [0.4, 0.5) is 0 Å². The van der Waals surface area contributed by atoms with E-state index >= 15 is 0 Å². The van der Waals surface area contributed by atoms with Crippen molar-refractivity contribution in [2.24, 2.45) is 0 Å². The molecule has 1 fully saturated rings. The third-order valence-electron chi connectivity index (χ3n) is 4.98. The van der Waals surface area contributed by atoms with Crippen molar-refractivity contribution in [2.45, 2.75) is 23.9 Å². The van der Waals surface area contributed by atoms with Crippen molar-refractivity contribution in [3.63, 3.8) is 0 Å². The number of carbonyl (C=O) groups is 1. The molecule has 1 N–H and O–H groups in total. The number of nitrogens with zero attached hydrogens (tertiary/aromatic N) is 1. The minimum atomic E-state index is 0.125. The molecule has 3 aromatic rings. The van der Waals surface area contributed by atoms with Gasteiger partial charge in [-0.25, -0.2) is 0 Å². The summed E-state index contributed by atoms with van der Waals surface area (Å²) in [5, 5.41) is 5.65. The highest BCUT2D eigenvalue weighted by Crippen LogP contribution is 2.23. The third-order valence-corrected chi connectivity index (χ3v) is 5.97. The molecular formula is C23H24N2OS. The second-order valence-electron chi connectivity index (χ2n) is 7.07. The van der Waals surface area contributed by atoms with Crippen LogP contribution in [-0.4, -0.2) is 35.7 Å². The molecule has 0 spiro atoms. The summed E-state index contributed by atoms with van der Waals surface area (Å²) < 4.78 is 0. The smallest absolute Gasteiger partial charge is 0.230 e. The molecule has 0 radical (unpaired) electrons. The minimum Gasteiger partial charge on any atom is -0.351 e. The molecule has 1 amide bonds. The highest BCUT2D eigenvalue weighted by molar-refractivity contribution is 8.00. The number of amides is 1. The van der Waals surface area contributed by atoms with Gasteiger partial charge in [0, 0.05) is 30.6 Å². The Kier molecular flexibility index (Phi) is 5.75. The molecule has 3 aromatic carbocycles. The van der Waals surface area contributed by atoms with Crippen LogP contribution in [-0.2, 0) is 11.3 Å². The summed E-state index contributed by atoms with van der Waals surface area (Å²) in [7, 11) is 0. The quantitative estimate of drug-likeness (QED) is 0.650. The van der Waals surface area contributed by atoms with E-state index < -0.39 is 0 Å². The van der Waals surface area contributed by atoms with Crippen LogP contribution in [0, 0.1) is 0 Å². The fourth-order valence-corrected chi connectivity index (χ4v) is 4.37. The SMILES string of the molecule is O=C(CSc1ccc2ccccc2c1)NC1CCN(Cc2ccccc2)C1. The van der Waals surface area contributed by atoms with Gasteiger partial charge in [-0.3, -0.25) is 9.69 Å². The van der Waals surface area contributed by atoms with Gasteiger partial charge in [0.15, 0.2) is 0 Å². The van der Waals surface area contributed by atoms with Gasteiger partial charge in [-0.15, -0.1) is 11.8 Å². The zero-order valence-electron chi connectivity index (χ0n) is 15.3. The molecule has 0 bridgehead atoms. The van der Waals surface area contributed by atoms with Gasteiger partial charge in [0.05, 0.1) is 5.75 Å². The van der Waals surface area contributed by atoms with Crippen LogP contribution < -0.4 is 5.32 Å². The number of thioether (sulfide) groups is 1. The maximum Gasteiger partial charge on any atom is 0.230 e. The Labute approximate surface area is 164 Å². The first kappa shape index (κ1) is 18.1. The van der Waals surface area contributed by atoms with Crippen molar-refractivity contribution in [3.05, 3.63) is 78.4 Å². The average Bonchev–Trinajstić information content (AvgIpc) is 3.13. The summed E-state index contributed by atoms with van der Waals surface area (Å²) >= 11 is 1.60.